The van der Waals surface area contributed by atoms with Gasteiger partial charge < -0.3 is 15.2 Å². The first-order chi connectivity index (χ1) is 11.3. The number of aromatic nitrogens is 2. The molecule has 24 heavy (non-hydrogen) atoms. The molecule has 2 rings (SSSR count). The van der Waals surface area contributed by atoms with Crippen molar-refractivity contribution in [2.75, 3.05) is 0 Å². The number of benzene rings is 1. The zero-order chi connectivity index (χ0) is 17.9. The third-order valence-electron chi connectivity index (χ3n) is 3.09. The number of aryl methyl sites for hydroxylation is 1. The van der Waals surface area contributed by atoms with Crippen LogP contribution in [0.1, 0.15) is 23.0 Å². The van der Waals surface area contributed by atoms with Crippen molar-refractivity contribution in [1.82, 2.24) is 15.2 Å². The number of halogens is 1. The minimum atomic E-state index is -0.572. The van der Waals surface area contributed by atoms with Crippen LogP contribution in [0.3, 0.4) is 0 Å². The highest BCUT2D eigenvalue weighted by molar-refractivity contribution is 14.1. The Morgan fingerprint density at radius 2 is 2.21 bits per heavy atom. The quantitative estimate of drug-likeness (QED) is 0.318. The minimum absolute atomic E-state index is 0.115. The fourth-order valence-electron chi connectivity index (χ4n) is 1.89. The average Bonchev–Trinajstić information content (AvgIpc) is 2.88. The van der Waals surface area contributed by atoms with Gasteiger partial charge in [-0.05, 0) is 59.6 Å². The number of aromatic hydroxyl groups is 1. The number of hydrogen-bond acceptors (Lipinski definition) is 6. The van der Waals surface area contributed by atoms with Crippen LogP contribution in [-0.2, 0) is 6.54 Å². The predicted octanol–water partition coefficient (Wildman–Crippen LogP) is 2.22. The molecule has 0 aliphatic rings. The largest absolute Gasteiger partial charge is 0.507 e. The minimum Gasteiger partial charge on any atom is -0.507 e. The molecular formula is C14H14IN5O4. The molecule has 0 saturated carbocycles. The van der Waals surface area contributed by atoms with E-state index in [1.54, 1.807) is 19.9 Å². The molecular weight excluding hydrogens is 429 g/mol. The number of amides is 1. The fraction of sp³-hybridized carbons (Fsp3) is 0.214. The first-order valence-corrected chi connectivity index (χ1v) is 7.86. The number of nitro groups is 1. The summed E-state index contributed by atoms with van der Waals surface area (Å²) in [4.78, 5) is 22.2. The van der Waals surface area contributed by atoms with Crippen molar-refractivity contribution in [3.05, 3.63) is 49.2 Å². The van der Waals surface area contributed by atoms with Crippen LogP contribution >= 0.6 is 22.6 Å². The lowest BCUT2D eigenvalue weighted by molar-refractivity contribution is -0.389. The number of hydrazone groups is 1. The standard InChI is InChI=1S/C14H14IN5O4/c1-8(7-19-9(2)5-13(18-19)20(23)24)16-17-14(22)11-6-10(15)3-4-12(11)21/h3-6,21H,7H2,1-2H3,(H,17,22)/b16-8+. The molecule has 10 heteroatoms. The van der Waals surface area contributed by atoms with Gasteiger partial charge in [0.15, 0.2) is 0 Å². The van der Waals surface area contributed by atoms with E-state index in [-0.39, 0.29) is 23.7 Å². The number of nitrogens with one attached hydrogen (secondary N) is 1. The molecule has 9 nitrogen and oxygen atoms in total. The lowest BCUT2D eigenvalue weighted by atomic mass is 10.2. The molecule has 1 aromatic carbocycles. The van der Waals surface area contributed by atoms with Crippen LogP contribution in [0.5, 0.6) is 5.75 Å². The molecule has 126 valence electrons. The van der Waals surface area contributed by atoms with Gasteiger partial charge in [0.2, 0.25) is 0 Å². The maximum Gasteiger partial charge on any atom is 0.390 e. The van der Waals surface area contributed by atoms with E-state index >= 15 is 0 Å². The maximum atomic E-state index is 12.0. The van der Waals surface area contributed by atoms with Gasteiger partial charge in [-0.1, -0.05) is 0 Å². The van der Waals surface area contributed by atoms with Crippen molar-refractivity contribution >= 4 is 40.0 Å². The van der Waals surface area contributed by atoms with Crippen molar-refractivity contribution in [3.63, 3.8) is 0 Å². The first kappa shape index (κ1) is 17.8. The van der Waals surface area contributed by atoms with E-state index in [1.807, 2.05) is 22.6 Å². The molecule has 0 atom stereocenters. The van der Waals surface area contributed by atoms with Gasteiger partial charge in [0.05, 0.1) is 28.1 Å². The Balaban J connectivity index is 2.07. The van der Waals surface area contributed by atoms with Crippen LogP contribution in [0.2, 0.25) is 0 Å². The number of phenolic OH excluding ortho intramolecular Hbond substituents is 1. The van der Waals surface area contributed by atoms with Crippen molar-refractivity contribution in [1.29, 1.82) is 0 Å². The summed E-state index contributed by atoms with van der Waals surface area (Å²) < 4.78 is 2.22. The van der Waals surface area contributed by atoms with Gasteiger partial charge in [0.1, 0.15) is 12.3 Å². The highest BCUT2D eigenvalue weighted by atomic mass is 127. The molecule has 0 unspecified atom stereocenters. The van der Waals surface area contributed by atoms with Gasteiger partial charge in [-0.3, -0.25) is 4.79 Å². The van der Waals surface area contributed by atoms with E-state index in [2.05, 4.69) is 15.6 Å². The molecule has 1 aromatic heterocycles. The number of carbonyl (C=O) groups is 1. The molecule has 2 aromatic rings. The van der Waals surface area contributed by atoms with Gasteiger partial charge in [0.25, 0.3) is 5.91 Å². The van der Waals surface area contributed by atoms with E-state index in [1.165, 1.54) is 22.9 Å². The predicted molar refractivity (Wildman–Crippen MR) is 95.0 cm³/mol. The van der Waals surface area contributed by atoms with Crippen LogP contribution in [0.25, 0.3) is 0 Å². The molecule has 0 bridgehead atoms. The first-order valence-electron chi connectivity index (χ1n) is 6.79. The highest BCUT2D eigenvalue weighted by Gasteiger charge is 2.16. The molecule has 0 aliphatic heterocycles. The topological polar surface area (TPSA) is 123 Å². The third kappa shape index (κ3) is 4.28. The second-order valence-corrected chi connectivity index (χ2v) is 6.25. The molecule has 0 aliphatic carbocycles. The van der Waals surface area contributed by atoms with Gasteiger partial charge >= 0.3 is 5.82 Å². The van der Waals surface area contributed by atoms with E-state index in [9.17, 15) is 20.0 Å². The Kier molecular flexibility index (Phi) is 5.49. The van der Waals surface area contributed by atoms with Gasteiger partial charge in [-0.25, -0.2) is 5.43 Å². The average molecular weight is 443 g/mol. The van der Waals surface area contributed by atoms with Crippen LogP contribution in [-0.4, -0.2) is 31.4 Å². The van der Waals surface area contributed by atoms with E-state index in [0.717, 1.165) is 3.57 Å². The highest BCUT2D eigenvalue weighted by Crippen LogP contribution is 2.19. The Morgan fingerprint density at radius 1 is 1.50 bits per heavy atom. The van der Waals surface area contributed by atoms with E-state index in [0.29, 0.717) is 11.4 Å². The normalized spacial score (nSPS) is 11.4. The summed E-state index contributed by atoms with van der Waals surface area (Å²) in [5.41, 5.74) is 3.57. The van der Waals surface area contributed by atoms with Crippen molar-refractivity contribution < 1.29 is 14.8 Å². The fourth-order valence-corrected chi connectivity index (χ4v) is 2.38. The van der Waals surface area contributed by atoms with Crippen molar-refractivity contribution in [2.24, 2.45) is 5.10 Å². The summed E-state index contributed by atoms with van der Waals surface area (Å²) in [6.07, 6.45) is 0. The summed E-state index contributed by atoms with van der Waals surface area (Å²) in [7, 11) is 0. The Bertz CT molecular complexity index is 831. The van der Waals surface area contributed by atoms with Gasteiger partial charge in [-0.15, -0.1) is 0 Å². The number of carbonyl (C=O) groups excluding carboxylic acids is 1. The molecule has 1 amide bonds. The van der Waals surface area contributed by atoms with Crippen LogP contribution < -0.4 is 5.43 Å². The van der Waals surface area contributed by atoms with Crippen molar-refractivity contribution in [2.45, 2.75) is 20.4 Å². The lowest BCUT2D eigenvalue weighted by Gasteiger charge is -2.05. The Morgan fingerprint density at radius 3 is 2.83 bits per heavy atom. The number of rotatable bonds is 5. The summed E-state index contributed by atoms with van der Waals surface area (Å²) in [6, 6.07) is 6.00. The smallest absolute Gasteiger partial charge is 0.390 e. The lowest BCUT2D eigenvalue weighted by Crippen LogP contribution is -2.21. The SMILES string of the molecule is C/C(Cn1nc([N+](=O)[O-])cc1C)=N\NC(=O)c1cc(I)ccc1O. The second kappa shape index (κ2) is 7.38. The molecule has 0 fully saturated rings. The summed E-state index contributed by atoms with van der Waals surface area (Å²) >= 11 is 2.03. The van der Waals surface area contributed by atoms with Crippen LogP contribution in [0.4, 0.5) is 5.82 Å². The summed E-state index contributed by atoms with van der Waals surface area (Å²) in [6.45, 7) is 3.54. The summed E-state index contributed by atoms with van der Waals surface area (Å²) in [5, 5.41) is 28.2. The zero-order valence-corrected chi connectivity index (χ0v) is 15.0. The second-order valence-electron chi connectivity index (χ2n) is 5.01. The third-order valence-corrected chi connectivity index (χ3v) is 3.76. The van der Waals surface area contributed by atoms with Gasteiger partial charge in [-0.2, -0.15) is 9.78 Å². The number of nitrogens with zero attached hydrogens (tertiary/aromatic N) is 4. The van der Waals surface area contributed by atoms with Crippen molar-refractivity contribution in [3.8, 4) is 5.75 Å². The summed E-state index contributed by atoms with van der Waals surface area (Å²) in [5.74, 6) is -0.930. The molecule has 0 spiro atoms. The number of phenols is 1. The number of hydrogen-bond donors (Lipinski definition) is 2. The molecule has 2 N–H and O–H groups in total. The zero-order valence-electron chi connectivity index (χ0n) is 12.9. The Labute approximate surface area is 150 Å². The van der Waals surface area contributed by atoms with E-state index in [4.69, 9.17) is 0 Å². The molecule has 0 saturated heterocycles. The van der Waals surface area contributed by atoms with Crippen LogP contribution in [0, 0.1) is 20.6 Å². The molecule has 0 radical (unpaired) electrons. The van der Waals surface area contributed by atoms with E-state index < -0.39 is 10.8 Å². The van der Waals surface area contributed by atoms with Crippen LogP contribution in [0.15, 0.2) is 29.4 Å². The maximum absolute atomic E-state index is 12.0. The van der Waals surface area contributed by atoms with Gasteiger partial charge in [0, 0.05) is 3.57 Å². The molecule has 1 heterocycles. The monoisotopic (exact) mass is 443 g/mol. The Hall–Kier alpha value is -2.50.